The third-order valence-electron chi connectivity index (χ3n) is 0.652. The molecule has 0 aromatic heterocycles. The summed E-state index contributed by atoms with van der Waals surface area (Å²) in [5.41, 5.74) is 0. The summed E-state index contributed by atoms with van der Waals surface area (Å²) in [6.07, 6.45) is 0. The molecule has 0 fully saturated rings. The van der Waals surface area contributed by atoms with Crippen LogP contribution in [-0.4, -0.2) is 3.53 Å². The second-order valence-electron chi connectivity index (χ2n) is 1.29. The summed E-state index contributed by atoms with van der Waals surface area (Å²) in [6.45, 7) is 0. The van der Waals surface area contributed by atoms with Crippen LogP contribution >= 0.6 is 91.5 Å². The first-order valence-electron chi connectivity index (χ1n) is 1.89. The van der Waals surface area contributed by atoms with Gasteiger partial charge >= 0.3 is 106 Å². The summed E-state index contributed by atoms with van der Waals surface area (Å²) in [5.74, 6) is 0. The molecule has 0 aromatic carbocycles. The Balaban J connectivity index is 4.54. The van der Waals surface area contributed by atoms with Crippen LogP contribution in [0.5, 0.6) is 0 Å². The van der Waals surface area contributed by atoms with E-state index in [0.717, 1.165) is 0 Å². The summed E-state index contributed by atoms with van der Waals surface area (Å²) in [7, 11) is -3.37. The fraction of sp³-hybridized carbons (Fsp3) is 1.00. The molecule has 0 amide bonds. The number of rotatable bonds is 3. The standard InChI is InChI=1S/CHBr3Cl3O3P/c2-8-11(9-3,10-4)1(5,6)7/h11H. The summed E-state index contributed by atoms with van der Waals surface area (Å²) in [6, 6.07) is 0. The summed E-state index contributed by atoms with van der Waals surface area (Å²) in [4.78, 5) is 0. The Morgan fingerprint density at radius 3 is 1.18 bits per heavy atom. The first kappa shape index (κ1) is 13.6. The second-order valence-corrected chi connectivity index (χ2v) is 9.76. The van der Waals surface area contributed by atoms with Crippen LogP contribution in [0.1, 0.15) is 0 Å². The van der Waals surface area contributed by atoms with Crippen molar-refractivity contribution in [2.75, 3.05) is 0 Å². The van der Waals surface area contributed by atoms with Crippen LogP contribution in [0, 0.1) is 0 Å². The van der Waals surface area contributed by atoms with Crippen molar-refractivity contribution in [3.63, 3.8) is 0 Å². The van der Waals surface area contributed by atoms with Crippen LogP contribution in [-0.2, 0) is 10.8 Å². The Labute approximate surface area is 105 Å². The van der Waals surface area contributed by atoms with Gasteiger partial charge in [-0.05, 0) is 0 Å². The van der Waals surface area contributed by atoms with Gasteiger partial charge in [-0.15, -0.1) is 0 Å². The molecule has 0 bridgehead atoms. The molecule has 0 spiro atoms. The predicted molar refractivity (Wildman–Crippen MR) is 58.6 cm³/mol. The van der Waals surface area contributed by atoms with Gasteiger partial charge in [0.1, 0.15) is 0 Å². The fourth-order valence-corrected chi connectivity index (χ4v) is 9.03. The number of halogens is 6. The number of hydrogen-bond acceptors (Lipinski definition) is 3. The topological polar surface area (TPSA) is 27.7 Å². The molecule has 0 saturated heterocycles. The monoisotopic (exact) mass is 434 g/mol. The first-order valence-corrected chi connectivity index (χ1v) is 6.69. The molecule has 0 aliphatic carbocycles. The van der Waals surface area contributed by atoms with Gasteiger partial charge in [0.05, 0.1) is 0 Å². The SMILES string of the molecule is ClC(Cl)(Cl)[PH](OBr)(OBr)OBr. The molecule has 10 heteroatoms. The van der Waals surface area contributed by atoms with Gasteiger partial charge in [-0.3, -0.25) is 0 Å². The minimum absolute atomic E-state index is 1.79. The maximum absolute atomic E-state index is 5.48. The average Bonchev–Trinajstić information content (AvgIpc) is 1.90. The van der Waals surface area contributed by atoms with Crippen LogP contribution in [0.2, 0.25) is 0 Å². The van der Waals surface area contributed by atoms with Crippen LogP contribution in [0.15, 0.2) is 0 Å². The zero-order valence-corrected chi connectivity index (χ0v) is 12.5. The molecule has 0 saturated carbocycles. The van der Waals surface area contributed by atoms with E-state index in [0.29, 0.717) is 0 Å². The van der Waals surface area contributed by atoms with E-state index in [1.54, 1.807) is 0 Å². The molecule has 0 aliphatic rings. The van der Waals surface area contributed by atoms with Crippen molar-refractivity contribution in [3.8, 4) is 0 Å². The van der Waals surface area contributed by atoms with Crippen molar-refractivity contribution in [2.45, 2.75) is 3.53 Å². The second kappa shape index (κ2) is 5.49. The molecule has 0 N–H and O–H groups in total. The molecule has 70 valence electrons. The molecule has 0 aliphatic heterocycles. The van der Waals surface area contributed by atoms with Crippen molar-refractivity contribution < 1.29 is 10.8 Å². The van der Waals surface area contributed by atoms with E-state index in [4.69, 9.17) is 34.8 Å². The molecular weight excluding hydrogens is 437 g/mol. The van der Waals surface area contributed by atoms with Crippen molar-refractivity contribution in [3.05, 3.63) is 0 Å². The fourth-order valence-electron chi connectivity index (χ4n) is 0.167. The van der Waals surface area contributed by atoms with Gasteiger partial charge < -0.3 is 0 Å². The van der Waals surface area contributed by atoms with Gasteiger partial charge in [0.25, 0.3) is 0 Å². The Bertz CT molecular complexity index is 117. The Morgan fingerprint density at radius 2 is 1.18 bits per heavy atom. The summed E-state index contributed by atoms with van der Waals surface area (Å²) < 4.78 is 12.1. The Kier molecular flexibility index (Phi) is 6.80. The molecule has 0 atom stereocenters. The zero-order valence-electron chi connectivity index (χ0n) is 4.49. The van der Waals surface area contributed by atoms with Crippen molar-refractivity contribution in [1.82, 2.24) is 0 Å². The van der Waals surface area contributed by atoms with Crippen molar-refractivity contribution in [2.24, 2.45) is 0 Å². The normalized spacial score (nSPS) is 15.1. The van der Waals surface area contributed by atoms with Gasteiger partial charge in [0, 0.05) is 0 Å². The molecular formula is CHBr3Cl3O3P. The van der Waals surface area contributed by atoms with Gasteiger partial charge in [-0.2, -0.15) is 0 Å². The van der Waals surface area contributed by atoms with Crippen LogP contribution in [0.4, 0.5) is 0 Å². The molecule has 0 rings (SSSR count). The van der Waals surface area contributed by atoms with E-state index in [9.17, 15) is 0 Å². The molecule has 0 aromatic rings. The van der Waals surface area contributed by atoms with E-state index in [1.807, 2.05) is 0 Å². The third-order valence-corrected chi connectivity index (χ3v) is 7.87. The molecule has 0 unspecified atom stereocenters. The zero-order chi connectivity index (χ0) is 9.12. The number of alkyl halides is 3. The minimum atomic E-state index is -3.37. The van der Waals surface area contributed by atoms with E-state index < -0.39 is 11.5 Å². The molecule has 11 heavy (non-hydrogen) atoms. The molecule has 0 radical (unpaired) electrons. The van der Waals surface area contributed by atoms with Crippen molar-refractivity contribution in [1.29, 1.82) is 0 Å². The molecule has 0 heterocycles. The predicted octanol–water partition coefficient (Wildman–Crippen LogP) is 4.79. The van der Waals surface area contributed by atoms with Gasteiger partial charge in [-0.1, -0.05) is 0 Å². The van der Waals surface area contributed by atoms with E-state index in [1.165, 1.54) is 0 Å². The maximum atomic E-state index is 5.48. The van der Waals surface area contributed by atoms with Crippen LogP contribution in [0.25, 0.3) is 0 Å². The Hall–Kier alpha value is 2.62. The van der Waals surface area contributed by atoms with Gasteiger partial charge in [0.2, 0.25) is 0 Å². The quantitative estimate of drug-likeness (QED) is 0.469. The summed E-state index contributed by atoms with van der Waals surface area (Å²) in [5, 5.41) is 0. The Morgan fingerprint density at radius 1 is 0.909 bits per heavy atom. The third kappa shape index (κ3) is 3.35. The van der Waals surface area contributed by atoms with Gasteiger partial charge in [-0.25, -0.2) is 0 Å². The first-order chi connectivity index (χ1) is 4.93. The average molecular weight is 438 g/mol. The molecule has 3 nitrogen and oxygen atoms in total. The van der Waals surface area contributed by atoms with Crippen LogP contribution in [0.3, 0.4) is 0 Å². The van der Waals surface area contributed by atoms with Crippen molar-refractivity contribution >= 4 is 91.5 Å². The van der Waals surface area contributed by atoms with E-state index >= 15 is 0 Å². The number of hydrogen-bond donors (Lipinski definition) is 0. The van der Waals surface area contributed by atoms with E-state index in [2.05, 4.69) is 59.6 Å². The summed E-state index contributed by atoms with van der Waals surface area (Å²) >= 11 is 24.3. The van der Waals surface area contributed by atoms with Crippen LogP contribution < -0.4 is 0 Å². The van der Waals surface area contributed by atoms with E-state index in [-0.39, 0.29) is 0 Å². The van der Waals surface area contributed by atoms with Gasteiger partial charge in [0.15, 0.2) is 0 Å².